The zero-order chi connectivity index (χ0) is 13.0. The average Bonchev–Trinajstić information content (AvgIpc) is 2.80. The topological polar surface area (TPSA) is 69.8 Å². The molecule has 0 bridgehead atoms. The van der Waals surface area contributed by atoms with Crippen LogP contribution in [-0.2, 0) is 24.4 Å². The first-order valence-corrected chi connectivity index (χ1v) is 7.90. The van der Waals surface area contributed by atoms with E-state index >= 15 is 0 Å². The molecule has 96 valence electrons. The predicted molar refractivity (Wildman–Crippen MR) is 70.4 cm³/mol. The Balaban J connectivity index is 2.38. The maximum Gasteiger partial charge on any atom is 0.280 e. The molecule has 0 fully saturated rings. The van der Waals surface area contributed by atoms with Gasteiger partial charge >= 0.3 is 0 Å². The van der Waals surface area contributed by atoms with E-state index in [0.29, 0.717) is 33.3 Å². The Bertz CT molecular complexity index is 734. The quantitative estimate of drug-likeness (QED) is 0.707. The minimum absolute atomic E-state index is 0.0986. The van der Waals surface area contributed by atoms with Gasteiger partial charge in [-0.1, -0.05) is 18.7 Å². The first kappa shape index (κ1) is 11.9. The van der Waals surface area contributed by atoms with Crippen molar-refractivity contribution in [1.29, 1.82) is 0 Å². The molecular formula is C10H12N4O2S2. The third-order valence-electron chi connectivity index (χ3n) is 2.92. The summed E-state index contributed by atoms with van der Waals surface area (Å²) in [6.45, 7) is 2.72. The molecule has 6 nitrogen and oxygen atoms in total. The Labute approximate surface area is 110 Å². The fourth-order valence-corrected chi connectivity index (χ4v) is 3.83. The second-order valence-corrected chi connectivity index (χ2v) is 7.00. The van der Waals surface area contributed by atoms with Gasteiger partial charge in [0.2, 0.25) is 5.16 Å². The zero-order valence-electron chi connectivity index (χ0n) is 10.2. The van der Waals surface area contributed by atoms with Crippen LogP contribution >= 0.6 is 11.8 Å². The summed E-state index contributed by atoms with van der Waals surface area (Å²) in [5, 5.41) is 1.44. The molecule has 2 aromatic rings. The number of hydrogen-bond donors (Lipinski definition) is 0. The maximum atomic E-state index is 12.4. The van der Waals surface area contributed by atoms with Crippen LogP contribution in [0.4, 0.5) is 0 Å². The summed E-state index contributed by atoms with van der Waals surface area (Å²) in [6.07, 6.45) is 1.54. The number of imidazole rings is 1. The van der Waals surface area contributed by atoms with Crippen molar-refractivity contribution in [3.05, 3.63) is 10.4 Å². The molecule has 3 rings (SSSR count). The van der Waals surface area contributed by atoms with Gasteiger partial charge in [-0.15, -0.1) is 0 Å². The van der Waals surface area contributed by atoms with Gasteiger partial charge in [-0.3, -0.25) is 13.6 Å². The lowest BCUT2D eigenvalue weighted by molar-refractivity contribution is 0.624. The van der Waals surface area contributed by atoms with Crippen LogP contribution in [0.1, 0.15) is 6.92 Å². The van der Waals surface area contributed by atoms with E-state index in [1.165, 1.54) is 0 Å². The van der Waals surface area contributed by atoms with Gasteiger partial charge in [0, 0.05) is 25.1 Å². The molecule has 1 aliphatic heterocycles. The molecule has 8 heteroatoms. The first-order valence-electron chi connectivity index (χ1n) is 5.46. The molecule has 2 aromatic heterocycles. The molecule has 0 aromatic carbocycles. The summed E-state index contributed by atoms with van der Waals surface area (Å²) in [7, 11) is 0.473. The lowest BCUT2D eigenvalue weighted by atomic mass is 10.4. The maximum absolute atomic E-state index is 12.4. The van der Waals surface area contributed by atoms with Crippen molar-refractivity contribution in [3.8, 4) is 0 Å². The van der Waals surface area contributed by atoms with Gasteiger partial charge in [0.05, 0.1) is 10.8 Å². The Kier molecular flexibility index (Phi) is 2.60. The van der Waals surface area contributed by atoms with Gasteiger partial charge in [-0.25, -0.2) is 4.98 Å². The zero-order valence-corrected chi connectivity index (χ0v) is 11.8. The summed E-state index contributed by atoms with van der Waals surface area (Å²) in [5.74, 6) is 0. The molecule has 0 radical (unpaired) electrons. The van der Waals surface area contributed by atoms with Crippen LogP contribution < -0.4 is 5.56 Å². The van der Waals surface area contributed by atoms with Gasteiger partial charge in [0.1, 0.15) is 0 Å². The standard InChI is InChI=1S/C10H12N4O2S2/c1-5-4-14-8(15)6-7(11-9(14)17-5)12-10(13(6)2)18(3)16/h5H,4H2,1-3H3. The number of fused-ring (bicyclic) bond motifs is 2. The van der Waals surface area contributed by atoms with Crippen LogP contribution in [0.5, 0.6) is 0 Å². The van der Waals surface area contributed by atoms with E-state index in [-0.39, 0.29) is 5.56 Å². The predicted octanol–water partition coefficient (Wildman–Crippen LogP) is 0.362. The molecule has 0 aliphatic carbocycles. The van der Waals surface area contributed by atoms with E-state index in [9.17, 15) is 9.00 Å². The summed E-state index contributed by atoms with van der Waals surface area (Å²) in [6, 6.07) is 0. The van der Waals surface area contributed by atoms with Crippen molar-refractivity contribution in [2.45, 2.75) is 29.0 Å². The van der Waals surface area contributed by atoms with E-state index in [4.69, 9.17) is 0 Å². The smallest absolute Gasteiger partial charge is 0.280 e. The van der Waals surface area contributed by atoms with Crippen molar-refractivity contribution < 1.29 is 4.21 Å². The number of rotatable bonds is 1. The highest BCUT2D eigenvalue weighted by molar-refractivity contribution is 7.99. The lowest BCUT2D eigenvalue weighted by Gasteiger charge is -2.01. The molecule has 0 amide bonds. The molecule has 0 saturated heterocycles. The third kappa shape index (κ3) is 1.55. The van der Waals surface area contributed by atoms with Gasteiger partial charge in [0.25, 0.3) is 5.56 Å². The van der Waals surface area contributed by atoms with Gasteiger partial charge in [-0.2, -0.15) is 4.98 Å². The van der Waals surface area contributed by atoms with Crippen molar-refractivity contribution in [3.63, 3.8) is 0 Å². The van der Waals surface area contributed by atoms with Crippen LogP contribution in [0.15, 0.2) is 15.1 Å². The number of aryl methyl sites for hydroxylation is 1. The highest BCUT2D eigenvalue weighted by atomic mass is 32.2. The Morgan fingerprint density at radius 2 is 2.17 bits per heavy atom. The molecule has 2 atom stereocenters. The van der Waals surface area contributed by atoms with Gasteiger partial charge in [-0.05, 0) is 0 Å². The van der Waals surface area contributed by atoms with E-state index in [2.05, 4.69) is 16.9 Å². The summed E-state index contributed by atoms with van der Waals surface area (Å²) < 4.78 is 14.8. The minimum atomic E-state index is -1.23. The molecule has 0 saturated carbocycles. The molecule has 2 unspecified atom stereocenters. The summed E-state index contributed by atoms with van der Waals surface area (Å²) in [5.41, 5.74) is 0.720. The first-order chi connectivity index (χ1) is 8.49. The molecular weight excluding hydrogens is 272 g/mol. The SMILES string of the molecule is CC1Cn2c(nc3nc(S(C)=O)n(C)c3c2=O)S1. The van der Waals surface area contributed by atoms with Gasteiger partial charge in [0.15, 0.2) is 16.3 Å². The number of hydrogen-bond acceptors (Lipinski definition) is 5. The van der Waals surface area contributed by atoms with Crippen molar-refractivity contribution in [2.75, 3.05) is 6.26 Å². The number of aromatic nitrogens is 4. The normalized spacial score (nSPS) is 20.3. The minimum Gasteiger partial charge on any atom is -0.314 e. The molecule has 0 N–H and O–H groups in total. The van der Waals surface area contributed by atoms with E-state index < -0.39 is 10.8 Å². The lowest BCUT2D eigenvalue weighted by Crippen LogP contribution is -2.23. The molecule has 18 heavy (non-hydrogen) atoms. The molecule has 1 aliphatic rings. The second-order valence-electron chi connectivity index (χ2n) is 4.32. The van der Waals surface area contributed by atoms with E-state index in [1.807, 2.05) is 0 Å². The molecule has 0 spiro atoms. The Morgan fingerprint density at radius 3 is 2.83 bits per heavy atom. The van der Waals surface area contributed by atoms with Crippen molar-refractivity contribution >= 4 is 33.7 Å². The van der Waals surface area contributed by atoms with Crippen molar-refractivity contribution in [1.82, 2.24) is 19.1 Å². The van der Waals surface area contributed by atoms with Gasteiger partial charge < -0.3 is 4.57 Å². The average molecular weight is 284 g/mol. The molecule has 3 heterocycles. The Hall–Kier alpha value is -1.15. The fraction of sp³-hybridized carbons (Fsp3) is 0.500. The largest absolute Gasteiger partial charge is 0.314 e. The summed E-state index contributed by atoms with van der Waals surface area (Å²) in [4.78, 5) is 21.0. The number of thioether (sulfide) groups is 1. The highest BCUT2D eigenvalue weighted by Crippen LogP contribution is 2.29. The van der Waals surface area contributed by atoms with E-state index in [0.717, 1.165) is 0 Å². The monoisotopic (exact) mass is 284 g/mol. The fourth-order valence-electron chi connectivity index (χ4n) is 2.13. The summed E-state index contributed by atoms with van der Waals surface area (Å²) >= 11 is 1.57. The van der Waals surface area contributed by atoms with Crippen molar-refractivity contribution in [2.24, 2.45) is 7.05 Å². The Morgan fingerprint density at radius 1 is 1.44 bits per heavy atom. The van der Waals surface area contributed by atoms with Crippen LogP contribution in [0.3, 0.4) is 0 Å². The van der Waals surface area contributed by atoms with E-state index in [1.54, 1.807) is 34.2 Å². The van der Waals surface area contributed by atoms with Crippen LogP contribution in [-0.4, -0.2) is 34.8 Å². The van der Waals surface area contributed by atoms with Crippen LogP contribution in [0.2, 0.25) is 0 Å². The third-order valence-corrected chi connectivity index (χ3v) is 4.87. The second kappa shape index (κ2) is 3.92. The highest BCUT2D eigenvalue weighted by Gasteiger charge is 2.25. The number of nitrogens with zero attached hydrogens (tertiary/aromatic N) is 4. The van der Waals surface area contributed by atoms with Crippen LogP contribution in [0, 0.1) is 0 Å². The van der Waals surface area contributed by atoms with Crippen LogP contribution in [0.25, 0.3) is 11.2 Å².